The third-order valence-electron chi connectivity index (χ3n) is 1.52. The molecular weight excluding hydrogens is 254 g/mol. The van der Waals surface area contributed by atoms with E-state index in [0.29, 0.717) is 13.0 Å². The van der Waals surface area contributed by atoms with Crippen LogP contribution in [0.25, 0.3) is 0 Å². The number of aromatic nitrogens is 1. The average Bonchev–Trinajstić information content (AvgIpc) is 2.53. The monoisotopic (exact) mass is 265 g/mol. The van der Waals surface area contributed by atoms with Crippen molar-refractivity contribution in [1.82, 2.24) is 9.71 Å². The second-order valence-corrected chi connectivity index (χ2v) is 5.90. The van der Waals surface area contributed by atoms with Crippen molar-refractivity contribution in [3.63, 3.8) is 0 Å². The second kappa shape index (κ2) is 5.50. The zero-order chi connectivity index (χ0) is 11.3. The van der Waals surface area contributed by atoms with Gasteiger partial charge >= 0.3 is 0 Å². The summed E-state index contributed by atoms with van der Waals surface area (Å²) < 4.78 is 24.9. The maximum Gasteiger partial charge on any atom is 0.218 e. The molecule has 1 rings (SSSR count). The molecule has 0 unspecified atom stereocenters. The minimum Gasteiger partial charge on any atom is -0.392 e. The number of thiocarbonyl (C=S) groups is 1. The normalized spacial score (nSPS) is 11.5. The standard InChI is InChI=1S/C7H11N3O2S3/c8-7(13)4-15(11,12)10-2-1-6-3-14-5-9-6/h3,5,10H,1-2,4H2,(H2,8,13). The highest BCUT2D eigenvalue weighted by molar-refractivity contribution is 7.92. The van der Waals surface area contributed by atoms with Gasteiger partial charge in [0.15, 0.2) is 0 Å². The van der Waals surface area contributed by atoms with Gasteiger partial charge in [0.25, 0.3) is 0 Å². The summed E-state index contributed by atoms with van der Waals surface area (Å²) in [6.07, 6.45) is 0.570. The zero-order valence-corrected chi connectivity index (χ0v) is 10.3. The summed E-state index contributed by atoms with van der Waals surface area (Å²) in [6, 6.07) is 0. The molecule has 0 amide bonds. The van der Waals surface area contributed by atoms with Crippen molar-refractivity contribution in [2.75, 3.05) is 12.3 Å². The van der Waals surface area contributed by atoms with Gasteiger partial charge in [0.05, 0.1) is 16.2 Å². The molecule has 0 aliphatic heterocycles. The Labute approximate surface area is 97.8 Å². The third kappa shape index (κ3) is 5.17. The third-order valence-corrected chi connectivity index (χ3v) is 3.82. The Morgan fingerprint density at radius 1 is 1.67 bits per heavy atom. The molecule has 0 radical (unpaired) electrons. The fourth-order valence-corrected chi connectivity index (χ4v) is 2.88. The molecule has 0 bridgehead atoms. The van der Waals surface area contributed by atoms with E-state index >= 15 is 0 Å². The van der Waals surface area contributed by atoms with Crippen molar-refractivity contribution in [2.24, 2.45) is 5.73 Å². The van der Waals surface area contributed by atoms with Gasteiger partial charge in [-0.25, -0.2) is 18.1 Å². The average molecular weight is 265 g/mol. The van der Waals surface area contributed by atoms with Crippen LogP contribution in [0.15, 0.2) is 10.9 Å². The first-order valence-electron chi connectivity index (χ1n) is 4.12. The smallest absolute Gasteiger partial charge is 0.218 e. The van der Waals surface area contributed by atoms with Crippen LogP contribution in [0.1, 0.15) is 5.69 Å². The lowest BCUT2D eigenvalue weighted by Gasteiger charge is -2.04. The summed E-state index contributed by atoms with van der Waals surface area (Å²) >= 11 is 6.00. The van der Waals surface area contributed by atoms with Crippen LogP contribution in [-0.4, -0.2) is 30.7 Å². The van der Waals surface area contributed by atoms with Gasteiger partial charge in [-0.15, -0.1) is 11.3 Å². The zero-order valence-electron chi connectivity index (χ0n) is 7.84. The first kappa shape index (κ1) is 12.5. The van der Waals surface area contributed by atoms with Crippen molar-refractivity contribution in [1.29, 1.82) is 0 Å². The summed E-state index contributed by atoms with van der Waals surface area (Å²) in [5.74, 6) is -0.306. The number of thiazole rings is 1. The lowest BCUT2D eigenvalue weighted by Crippen LogP contribution is -2.33. The Hall–Kier alpha value is -0.570. The van der Waals surface area contributed by atoms with Gasteiger partial charge in [-0.2, -0.15) is 0 Å². The van der Waals surface area contributed by atoms with Crippen LogP contribution >= 0.6 is 23.6 Å². The van der Waals surface area contributed by atoms with Crippen molar-refractivity contribution < 1.29 is 8.42 Å². The molecule has 1 heterocycles. The molecule has 3 N–H and O–H groups in total. The van der Waals surface area contributed by atoms with Gasteiger partial charge in [0.2, 0.25) is 10.0 Å². The maximum atomic E-state index is 11.3. The molecule has 84 valence electrons. The molecule has 0 saturated heterocycles. The molecule has 1 aromatic rings. The molecule has 1 aromatic heterocycles. The topological polar surface area (TPSA) is 85.1 Å². The molecule has 0 spiro atoms. The second-order valence-electron chi connectivity index (χ2n) is 2.85. The molecule has 0 aliphatic rings. The highest BCUT2D eigenvalue weighted by atomic mass is 32.2. The van der Waals surface area contributed by atoms with Gasteiger partial charge in [-0.05, 0) is 0 Å². The van der Waals surface area contributed by atoms with Crippen LogP contribution in [0.2, 0.25) is 0 Å². The molecule has 8 heteroatoms. The molecule has 0 fully saturated rings. The quantitative estimate of drug-likeness (QED) is 0.701. The predicted octanol–water partition coefficient (Wildman–Crippen LogP) is -0.109. The highest BCUT2D eigenvalue weighted by Gasteiger charge is 2.10. The van der Waals surface area contributed by atoms with E-state index in [9.17, 15) is 8.42 Å². The summed E-state index contributed by atoms with van der Waals surface area (Å²) in [6.45, 7) is 0.314. The minimum atomic E-state index is -3.37. The summed E-state index contributed by atoms with van der Waals surface area (Å²) in [5.41, 5.74) is 7.73. The number of hydrogen-bond donors (Lipinski definition) is 2. The van der Waals surface area contributed by atoms with E-state index in [1.54, 1.807) is 5.51 Å². The van der Waals surface area contributed by atoms with Crippen LogP contribution in [-0.2, 0) is 16.4 Å². The van der Waals surface area contributed by atoms with Crippen molar-refractivity contribution >= 4 is 38.6 Å². The maximum absolute atomic E-state index is 11.3. The number of nitrogens with two attached hydrogens (primary N) is 1. The van der Waals surface area contributed by atoms with E-state index in [2.05, 4.69) is 21.9 Å². The number of rotatable bonds is 6. The van der Waals surface area contributed by atoms with E-state index in [1.165, 1.54) is 11.3 Å². The van der Waals surface area contributed by atoms with Gasteiger partial charge < -0.3 is 5.73 Å². The lowest BCUT2D eigenvalue weighted by atomic mass is 10.3. The first-order valence-corrected chi connectivity index (χ1v) is 7.12. The number of nitrogens with one attached hydrogen (secondary N) is 1. The SMILES string of the molecule is NC(=S)CS(=O)(=O)NCCc1cscn1. The molecule has 0 aliphatic carbocycles. The molecule has 0 saturated carbocycles. The van der Waals surface area contributed by atoms with E-state index in [0.717, 1.165) is 5.69 Å². The molecule has 15 heavy (non-hydrogen) atoms. The molecule has 0 aromatic carbocycles. The Kier molecular flexibility index (Phi) is 4.58. The summed E-state index contributed by atoms with van der Waals surface area (Å²) in [4.78, 5) is 4.00. The molecular formula is C7H11N3O2S3. The predicted molar refractivity (Wildman–Crippen MR) is 64.4 cm³/mol. The molecule has 0 atom stereocenters. The molecule has 5 nitrogen and oxygen atoms in total. The van der Waals surface area contributed by atoms with Crippen LogP contribution in [0.3, 0.4) is 0 Å². The van der Waals surface area contributed by atoms with E-state index < -0.39 is 10.0 Å². The number of nitrogens with zero attached hydrogens (tertiary/aromatic N) is 1. The van der Waals surface area contributed by atoms with Crippen LogP contribution in [0.5, 0.6) is 0 Å². The largest absolute Gasteiger partial charge is 0.392 e. The first-order chi connectivity index (χ1) is 6.99. The van der Waals surface area contributed by atoms with Crippen LogP contribution < -0.4 is 10.5 Å². The van der Waals surface area contributed by atoms with E-state index in [4.69, 9.17) is 5.73 Å². The van der Waals surface area contributed by atoms with Crippen LogP contribution in [0, 0.1) is 0 Å². The Morgan fingerprint density at radius 2 is 2.40 bits per heavy atom. The van der Waals surface area contributed by atoms with Gasteiger partial charge in [-0.1, -0.05) is 12.2 Å². The highest BCUT2D eigenvalue weighted by Crippen LogP contribution is 2.00. The van der Waals surface area contributed by atoms with Gasteiger partial charge in [-0.3, -0.25) is 0 Å². The summed E-state index contributed by atoms with van der Waals surface area (Å²) in [7, 11) is -3.37. The van der Waals surface area contributed by atoms with Crippen LogP contribution in [0.4, 0.5) is 0 Å². The number of sulfonamides is 1. The Morgan fingerprint density at radius 3 is 2.93 bits per heavy atom. The van der Waals surface area contributed by atoms with Gasteiger partial charge in [0.1, 0.15) is 5.75 Å². The Bertz CT molecular complexity index is 413. The van der Waals surface area contributed by atoms with Crippen molar-refractivity contribution in [3.8, 4) is 0 Å². The Balaban J connectivity index is 2.34. The van der Waals surface area contributed by atoms with Gasteiger partial charge in [0, 0.05) is 18.3 Å². The number of hydrogen-bond acceptors (Lipinski definition) is 5. The van der Waals surface area contributed by atoms with E-state index in [1.807, 2.05) is 5.38 Å². The lowest BCUT2D eigenvalue weighted by molar-refractivity contribution is 0.585. The van der Waals surface area contributed by atoms with Crippen molar-refractivity contribution in [3.05, 3.63) is 16.6 Å². The fourth-order valence-electron chi connectivity index (χ4n) is 0.934. The fraction of sp³-hybridized carbons (Fsp3) is 0.429. The van der Waals surface area contributed by atoms with E-state index in [-0.39, 0.29) is 10.7 Å². The summed E-state index contributed by atoms with van der Waals surface area (Å²) in [5, 5.41) is 1.88. The van der Waals surface area contributed by atoms with Crippen molar-refractivity contribution in [2.45, 2.75) is 6.42 Å². The minimum absolute atomic E-state index is 0.0313.